The zero-order valence-electron chi connectivity index (χ0n) is 11.3. The van der Waals surface area contributed by atoms with E-state index >= 15 is 0 Å². The van der Waals surface area contributed by atoms with E-state index in [1.54, 1.807) is 6.08 Å². The molecular weight excluding hydrogens is 264 g/mol. The molecule has 1 aliphatic heterocycles. The summed E-state index contributed by atoms with van der Waals surface area (Å²) in [4.78, 5) is 25.5. The lowest BCUT2D eigenvalue weighted by molar-refractivity contribution is -0.123. The standard InChI is InChI=1S/C17H14N2O2/c20-16-15(11-13-7-3-1-4-8-13)18-17(21)19(16)12-14-9-5-2-6-10-14/h1-11H,12H2,(H,18,21). The molecule has 1 fully saturated rings. The summed E-state index contributed by atoms with van der Waals surface area (Å²) in [5.74, 6) is -0.298. The Balaban J connectivity index is 1.81. The van der Waals surface area contributed by atoms with Gasteiger partial charge in [0.05, 0.1) is 6.54 Å². The first-order chi connectivity index (χ1) is 10.2. The average Bonchev–Trinajstić information content (AvgIpc) is 2.77. The number of nitrogens with zero attached hydrogens (tertiary/aromatic N) is 1. The van der Waals surface area contributed by atoms with E-state index in [-0.39, 0.29) is 18.5 Å². The van der Waals surface area contributed by atoms with Crippen molar-refractivity contribution in [2.45, 2.75) is 6.54 Å². The van der Waals surface area contributed by atoms with E-state index in [1.165, 1.54) is 4.90 Å². The topological polar surface area (TPSA) is 49.4 Å². The lowest BCUT2D eigenvalue weighted by atomic mass is 10.2. The van der Waals surface area contributed by atoms with Gasteiger partial charge in [-0.15, -0.1) is 0 Å². The van der Waals surface area contributed by atoms with Crippen molar-refractivity contribution in [1.29, 1.82) is 0 Å². The molecule has 104 valence electrons. The van der Waals surface area contributed by atoms with Gasteiger partial charge in [0.15, 0.2) is 0 Å². The molecule has 0 bridgehead atoms. The van der Waals surface area contributed by atoms with Gasteiger partial charge in [0.2, 0.25) is 0 Å². The summed E-state index contributed by atoms with van der Waals surface area (Å²) in [6.45, 7) is 0.275. The molecule has 0 atom stereocenters. The first-order valence-corrected chi connectivity index (χ1v) is 6.67. The van der Waals surface area contributed by atoms with Gasteiger partial charge in [0.1, 0.15) is 5.70 Å². The predicted octanol–water partition coefficient (Wildman–Crippen LogP) is 2.78. The average molecular weight is 278 g/mol. The Morgan fingerprint density at radius 2 is 1.52 bits per heavy atom. The van der Waals surface area contributed by atoms with E-state index < -0.39 is 0 Å². The zero-order valence-corrected chi connectivity index (χ0v) is 11.3. The lowest BCUT2D eigenvalue weighted by Crippen LogP contribution is -2.30. The minimum atomic E-state index is -0.383. The van der Waals surface area contributed by atoms with Crippen LogP contribution in [0.3, 0.4) is 0 Å². The molecule has 2 aromatic rings. The molecule has 1 saturated heterocycles. The Labute approximate surface area is 122 Å². The highest BCUT2D eigenvalue weighted by Crippen LogP contribution is 2.16. The van der Waals surface area contributed by atoms with Crippen molar-refractivity contribution in [3.63, 3.8) is 0 Å². The summed E-state index contributed by atoms with van der Waals surface area (Å²) in [7, 11) is 0. The molecule has 0 unspecified atom stereocenters. The second-order valence-electron chi connectivity index (χ2n) is 4.78. The van der Waals surface area contributed by atoms with Crippen molar-refractivity contribution in [2.24, 2.45) is 0 Å². The molecule has 1 aliphatic rings. The van der Waals surface area contributed by atoms with E-state index in [9.17, 15) is 9.59 Å². The van der Waals surface area contributed by atoms with Gasteiger partial charge in [-0.2, -0.15) is 0 Å². The molecule has 0 aliphatic carbocycles. The highest BCUT2D eigenvalue weighted by Gasteiger charge is 2.33. The molecule has 0 spiro atoms. The van der Waals surface area contributed by atoms with Gasteiger partial charge in [0.25, 0.3) is 5.91 Å². The molecule has 0 saturated carbocycles. The minimum Gasteiger partial charge on any atom is -0.303 e. The first-order valence-electron chi connectivity index (χ1n) is 6.67. The van der Waals surface area contributed by atoms with Gasteiger partial charge < -0.3 is 5.32 Å². The number of hydrogen-bond acceptors (Lipinski definition) is 2. The van der Waals surface area contributed by atoms with Gasteiger partial charge in [-0.1, -0.05) is 60.7 Å². The third-order valence-corrected chi connectivity index (χ3v) is 3.26. The Hall–Kier alpha value is -2.88. The number of nitrogens with one attached hydrogen (secondary N) is 1. The molecule has 0 aromatic heterocycles. The maximum Gasteiger partial charge on any atom is 0.329 e. The van der Waals surface area contributed by atoms with E-state index in [0.29, 0.717) is 5.70 Å². The van der Waals surface area contributed by atoms with Crippen LogP contribution in [0.5, 0.6) is 0 Å². The minimum absolute atomic E-state index is 0.275. The molecular formula is C17H14N2O2. The molecule has 3 rings (SSSR count). The van der Waals surface area contributed by atoms with Crippen LogP contribution in [-0.2, 0) is 11.3 Å². The Kier molecular flexibility index (Phi) is 3.51. The van der Waals surface area contributed by atoms with Crippen molar-refractivity contribution >= 4 is 18.0 Å². The summed E-state index contributed by atoms with van der Waals surface area (Å²) in [6, 6.07) is 18.5. The van der Waals surface area contributed by atoms with Crippen molar-refractivity contribution in [1.82, 2.24) is 10.2 Å². The predicted molar refractivity (Wildman–Crippen MR) is 79.9 cm³/mol. The Morgan fingerprint density at radius 1 is 0.905 bits per heavy atom. The largest absolute Gasteiger partial charge is 0.329 e. The van der Waals surface area contributed by atoms with Gasteiger partial charge in [-0.25, -0.2) is 4.79 Å². The third kappa shape index (κ3) is 2.84. The number of urea groups is 1. The number of amides is 3. The molecule has 21 heavy (non-hydrogen) atoms. The smallest absolute Gasteiger partial charge is 0.303 e. The second kappa shape index (κ2) is 5.63. The molecule has 4 heteroatoms. The summed E-state index contributed by atoms with van der Waals surface area (Å²) in [5, 5.41) is 2.62. The normalized spacial score (nSPS) is 16.4. The number of imide groups is 1. The van der Waals surface area contributed by atoms with Crippen LogP contribution in [0.4, 0.5) is 4.79 Å². The summed E-state index contributed by atoms with van der Waals surface area (Å²) in [5.41, 5.74) is 2.10. The van der Waals surface area contributed by atoms with Crippen molar-refractivity contribution in [2.75, 3.05) is 0 Å². The van der Waals surface area contributed by atoms with Crippen LogP contribution in [-0.4, -0.2) is 16.8 Å². The van der Waals surface area contributed by atoms with Crippen LogP contribution in [0.15, 0.2) is 66.4 Å². The fraction of sp³-hybridized carbons (Fsp3) is 0.0588. The van der Waals surface area contributed by atoms with Crippen molar-refractivity contribution in [3.8, 4) is 0 Å². The molecule has 1 heterocycles. The first kappa shape index (κ1) is 13.1. The third-order valence-electron chi connectivity index (χ3n) is 3.26. The van der Waals surface area contributed by atoms with Crippen molar-refractivity contribution < 1.29 is 9.59 Å². The Morgan fingerprint density at radius 3 is 2.19 bits per heavy atom. The van der Waals surface area contributed by atoms with Crippen LogP contribution in [0.2, 0.25) is 0 Å². The van der Waals surface area contributed by atoms with Crippen LogP contribution in [0.1, 0.15) is 11.1 Å². The quantitative estimate of drug-likeness (QED) is 0.693. The van der Waals surface area contributed by atoms with Crippen LogP contribution in [0.25, 0.3) is 6.08 Å². The van der Waals surface area contributed by atoms with E-state index in [2.05, 4.69) is 5.32 Å². The molecule has 0 radical (unpaired) electrons. The Bertz CT molecular complexity index is 693. The van der Waals surface area contributed by atoms with E-state index in [4.69, 9.17) is 0 Å². The van der Waals surface area contributed by atoms with Gasteiger partial charge in [-0.3, -0.25) is 9.69 Å². The number of carbonyl (C=O) groups excluding carboxylic acids is 2. The fourth-order valence-corrected chi connectivity index (χ4v) is 2.20. The van der Waals surface area contributed by atoms with Gasteiger partial charge in [-0.05, 0) is 17.2 Å². The van der Waals surface area contributed by atoms with Crippen LogP contribution < -0.4 is 5.32 Å². The van der Waals surface area contributed by atoms with E-state index in [1.807, 2.05) is 60.7 Å². The van der Waals surface area contributed by atoms with Gasteiger partial charge >= 0.3 is 6.03 Å². The monoisotopic (exact) mass is 278 g/mol. The van der Waals surface area contributed by atoms with Crippen LogP contribution in [0, 0.1) is 0 Å². The van der Waals surface area contributed by atoms with Crippen LogP contribution >= 0.6 is 0 Å². The number of rotatable bonds is 3. The molecule has 3 amide bonds. The SMILES string of the molecule is O=C1NC(=Cc2ccccc2)C(=O)N1Cc1ccccc1. The number of hydrogen-bond donors (Lipinski definition) is 1. The maximum absolute atomic E-state index is 12.3. The van der Waals surface area contributed by atoms with E-state index in [0.717, 1.165) is 11.1 Å². The molecule has 2 aromatic carbocycles. The van der Waals surface area contributed by atoms with Crippen molar-refractivity contribution in [3.05, 3.63) is 77.5 Å². The van der Waals surface area contributed by atoms with Gasteiger partial charge in [0, 0.05) is 0 Å². The zero-order chi connectivity index (χ0) is 14.7. The summed E-state index contributed by atoms with van der Waals surface area (Å²) < 4.78 is 0. The number of carbonyl (C=O) groups is 2. The lowest BCUT2D eigenvalue weighted by Gasteiger charge is -2.11. The maximum atomic E-state index is 12.3. The fourth-order valence-electron chi connectivity index (χ4n) is 2.20. The number of benzene rings is 2. The summed E-state index contributed by atoms with van der Waals surface area (Å²) >= 11 is 0. The molecule has 4 nitrogen and oxygen atoms in total. The second-order valence-corrected chi connectivity index (χ2v) is 4.78. The highest BCUT2D eigenvalue weighted by atomic mass is 16.2. The highest BCUT2D eigenvalue weighted by molar-refractivity contribution is 6.13. The molecule has 1 N–H and O–H groups in total. The summed E-state index contributed by atoms with van der Waals surface area (Å²) in [6.07, 6.45) is 1.69.